The number of hydrogen-bond acceptors (Lipinski definition) is 5. The third-order valence-corrected chi connectivity index (χ3v) is 5.53. The topological polar surface area (TPSA) is 83.2 Å². The molecule has 0 aliphatic carbocycles. The maximum Gasteiger partial charge on any atom is 0.229 e. The summed E-state index contributed by atoms with van der Waals surface area (Å²) in [6, 6.07) is 7.30. The predicted octanol–water partition coefficient (Wildman–Crippen LogP) is 4.25. The summed E-state index contributed by atoms with van der Waals surface area (Å²) in [5, 5.41) is 13.1. The second-order valence-electron chi connectivity index (χ2n) is 5.90. The minimum Gasteiger partial charge on any atom is -0.287 e. The van der Waals surface area contributed by atoms with E-state index >= 15 is 0 Å². The summed E-state index contributed by atoms with van der Waals surface area (Å²) >= 11 is 13.7. The molecule has 2 aromatic heterocycles. The first-order valence-corrected chi connectivity index (χ1v) is 9.81. The number of hydrogen-bond donors (Lipinski definition) is 2. The van der Waals surface area contributed by atoms with Crippen molar-refractivity contribution in [2.45, 2.75) is 13.8 Å². The predicted molar refractivity (Wildman–Crippen MR) is 111 cm³/mol. The van der Waals surface area contributed by atoms with E-state index in [2.05, 4.69) is 36.8 Å². The maximum absolute atomic E-state index is 6.18. The van der Waals surface area contributed by atoms with Crippen LogP contribution in [-0.4, -0.2) is 36.4 Å². The fraction of sp³-hybridized carbons (Fsp3) is 0.176. The maximum atomic E-state index is 6.18. The molecule has 0 saturated heterocycles. The van der Waals surface area contributed by atoms with Crippen LogP contribution < -0.4 is 5.43 Å². The molecular formula is C17H15Cl2N7S. The Bertz CT molecular complexity index is 1050. The second kappa shape index (κ2) is 7.38. The average molecular weight is 420 g/mol. The van der Waals surface area contributed by atoms with Crippen LogP contribution in [0.5, 0.6) is 0 Å². The van der Waals surface area contributed by atoms with Crippen molar-refractivity contribution in [2.24, 2.45) is 10.1 Å². The van der Waals surface area contributed by atoms with Crippen LogP contribution in [0.2, 0.25) is 10.0 Å². The molecule has 0 atom stereocenters. The molecule has 0 spiro atoms. The van der Waals surface area contributed by atoms with Crippen molar-refractivity contribution in [1.82, 2.24) is 25.2 Å². The average Bonchev–Trinajstić information content (AvgIpc) is 3.26. The number of aryl methyl sites for hydroxylation is 1. The van der Waals surface area contributed by atoms with Crippen molar-refractivity contribution in [2.75, 3.05) is 5.75 Å². The molecule has 0 radical (unpaired) electrons. The Hall–Kier alpha value is -2.29. The Morgan fingerprint density at radius 1 is 1.22 bits per heavy atom. The number of rotatable bonds is 3. The van der Waals surface area contributed by atoms with Gasteiger partial charge in [0.05, 0.1) is 16.4 Å². The van der Waals surface area contributed by atoms with Gasteiger partial charge in [0.2, 0.25) is 5.95 Å². The van der Waals surface area contributed by atoms with Crippen molar-refractivity contribution >= 4 is 51.5 Å². The molecule has 27 heavy (non-hydrogen) atoms. The van der Waals surface area contributed by atoms with Crippen LogP contribution in [0.4, 0.5) is 5.69 Å². The smallest absolute Gasteiger partial charge is 0.229 e. The first-order valence-electron chi connectivity index (χ1n) is 8.07. The monoisotopic (exact) mass is 419 g/mol. The fourth-order valence-electron chi connectivity index (χ4n) is 2.88. The molecule has 3 heterocycles. The molecule has 0 saturated carbocycles. The molecule has 0 amide bonds. The van der Waals surface area contributed by atoms with Crippen LogP contribution in [0, 0.1) is 13.8 Å². The van der Waals surface area contributed by atoms with Gasteiger partial charge in [-0.3, -0.25) is 9.99 Å². The third kappa shape index (κ3) is 3.60. The van der Waals surface area contributed by atoms with Crippen molar-refractivity contribution in [3.05, 3.63) is 57.6 Å². The molecule has 10 heteroatoms. The number of benzene rings is 1. The quantitative estimate of drug-likeness (QED) is 0.664. The van der Waals surface area contributed by atoms with E-state index in [0.29, 0.717) is 32.6 Å². The number of halogens is 2. The van der Waals surface area contributed by atoms with Crippen LogP contribution >= 0.6 is 35.0 Å². The van der Waals surface area contributed by atoms with Gasteiger partial charge in [0, 0.05) is 27.7 Å². The van der Waals surface area contributed by atoms with E-state index in [9.17, 15) is 0 Å². The van der Waals surface area contributed by atoms with Gasteiger partial charge in [-0.2, -0.15) is 15.2 Å². The third-order valence-electron chi connectivity index (χ3n) is 4.12. The fourth-order valence-corrected chi connectivity index (χ4v) is 4.10. The minimum absolute atomic E-state index is 0.503. The summed E-state index contributed by atoms with van der Waals surface area (Å²) < 4.78 is 2.02. The standard InChI is InChI=1S/C17H15Cl2N7S/c1-9-5-12(10(2)26(9)16-20-8-21-24-16)15-7-27-17(25-23-15)22-14-4-3-11(18)6-13(14)19/h3-6,8H,7H2,1-2H3,(H,22,25)(H,20,21,24). The summed E-state index contributed by atoms with van der Waals surface area (Å²) in [6.45, 7) is 4.06. The Morgan fingerprint density at radius 3 is 2.74 bits per heavy atom. The zero-order valence-electron chi connectivity index (χ0n) is 14.5. The summed E-state index contributed by atoms with van der Waals surface area (Å²) in [5.74, 6) is 1.38. The number of aromatic amines is 1. The number of nitrogens with one attached hydrogen (secondary N) is 2. The van der Waals surface area contributed by atoms with Crippen LogP contribution in [0.3, 0.4) is 0 Å². The number of H-pyrrole nitrogens is 1. The molecule has 0 bridgehead atoms. The summed E-state index contributed by atoms with van der Waals surface area (Å²) in [6.07, 6.45) is 1.49. The molecule has 1 aliphatic rings. The minimum atomic E-state index is 0.503. The largest absolute Gasteiger partial charge is 0.287 e. The lowest BCUT2D eigenvalue weighted by atomic mass is 10.1. The van der Waals surface area contributed by atoms with Crippen molar-refractivity contribution in [1.29, 1.82) is 0 Å². The molecule has 4 rings (SSSR count). The first kappa shape index (κ1) is 18.1. The highest BCUT2D eigenvalue weighted by atomic mass is 35.5. The molecular weight excluding hydrogens is 405 g/mol. The van der Waals surface area contributed by atoms with Gasteiger partial charge in [-0.15, -0.1) is 0 Å². The number of aliphatic imine (C=N–C) groups is 1. The zero-order chi connectivity index (χ0) is 19.0. The van der Waals surface area contributed by atoms with Crippen LogP contribution in [0.25, 0.3) is 5.95 Å². The Kier molecular flexibility index (Phi) is 4.94. The van der Waals surface area contributed by atoms with Gasteiger partial charge in [-0.25, -0.2) is 10.1 Å². The van der Waals surface area contributed by atoms with E-state index < -0.39 is 0 Å². The Balaban J connectivity index is 1.59. The molecule has 2 N–H and O–H groups in total. The number of nitrogens with zero attached hydrogens (tertiary/aromatic N) is 5. The summed E-state index contributed by atoms with van der Waals surface area (Å²) in [5.41, 5.74) is 7.77. The van der Waals surface area contributed by atoms with Crippen molar-refractivity contribution in [3.63, 3.8) is 0 Å². The van der Waals surface area contributed by atoms with E-state index in [0.717, 1.165) is 22.7 Å². The molecule has 0 fully saturated rings. The second-order valence-corrected chi connectivity index (χ2v) is 7.71. The van der Waals surface area contributed by atoms with E-state index in [4.69, 9.17) is 23.2 Å². The Labute approximate surface area is 169 Å². The highest BCUT2D eigenvalue weighted by Gasteiger charge is 2.20. The number of thioether (sulfide) groups is 1. The van der Waals surface area contributed by atoms with Crippen molar-refractivity contribution < 1.29 is 0 Å². The number of amidine groups is 1. The van der Waals surface area contributed by atoms with Gasteiger partial charge in [-0.05, 0) is 38.1 Å². The van der Waals surface area contributed by atoms with Crippen LogP contribution in [0.15, 0.2) is 40.7 Å². The van der Waals surface area contributed by atoms with Gasteiger partial charge in [0.25, 0.3) is 0 Å². The van der Waals surface area contributed by atoms with Gasteiger partial charge < -0.3 is 0 Å². The lowest BCUT2D eigenvalue weighted by Crippen LogP contribution is -2.25. The first-order chi connectivity index (χ1) is 13.0. The summed E-state index contributed by atoms with van der Waals surface area (Å²) in [7, 11) is 0. The number of aromatic nitrogens is 4. The van der Waals surface area contributed by atoms with E-state index in [1.54, 1.807) is 30.0 Å². The van der Waals surface area contributed by atoms with Gasteiger partial charge in [-0.1, -0.05) is 35.0 Å². The summed E-state index contributed by atoms with van der Waals surface area (Å²) in [4.78, 5) is 8.75. The van der Waals surface area contributed by atoms with Crippen molar-refractivity contribution in [3.8, 4) is 5.95 Å². The van der Waals surface area contributed by atoms with E-state index in [1.807, 2.05) is 18.4 Å². The normalized spacial score (nSPS) is 15.7. The van der Waals surface area contributed by atoms with Gasteiger partial charge >= 0.3 is 0 Å². The highest BCUT2D eigenvalue weighted by Crippen LogP contribution is 2.29. The SMILES string of the molecule is Cc1cc(C2=NNC(=Nc3ccc(Cl)cc3Cl)SC2)c(C)n1-c1ncn[nH]1. The highest BCUT2D eigenvalue weighted by molar-refractivity contribution is 8.14. The zero-order valence-corrected chi connectivity index (χ0v) is 16.8. The van der Waals surface area contributed by atoms with Gasteiger partial charge in [0.1, 0.15) is 6.33 Å². The van der Waals surface area contributed by atoms with Crippen LogP contribution in [-0.2, 0) is 0 Å². The van der Waals surface area contributed by atoms with E-state index in [1.165, 1.54) is 6.33 Å². The van der Waals surface area contributed by atoms with E-state index in [-0.39, 0.29) is 0 Å². The molecule has 7 nitrogen and oxygen atoms in total. The lowest BCUT2D eigenvalue weighted by Gasteiger charge is -2.15. The van der Waals surface area contributed by atoms with Crippen LogP contribution in [0.1, 0.15) is 17.0 Å². The molecule has 1 aromatic carbocycles. The molecule has 0 unspecified atom stereocenters. The molecule has 1 aliphatic heterocycles. The van der Waals surface area contributed by atoms with Gasteiger partial charge in [0.15, 0.2) is 5.17 Å². The Morgan fingerprint density at radius 2 is 2.07 bits per heavy atom. The molecule has 3 aromatic rings. The lowest BCUT2D eigenvalue weighted by molar-refractivity contribution is 0.877. The number of hydrazone groups is 1. The molecule has 138 valence electrons.